The fraction of sp³-hybridized carbons (Fsp3) is 0.105. The lowest BCUT2D eigenvalue weighted by Gasteiger charge is -2.20. The fourth-order valence-electron chi connectivity index (χ4n) is 3.08. The Morgan fingerprint density at radius 2 is 1.84 bits per heavy atom. The normalized spacial score (nSPS) is 12.4. The van der Waals surface area contributed by atoms with E-state index in [2.05, 4.69) is 9.97 Å². The predicted molar refractivity (Wildman–Crippen MR) is 95.7 cm³/mol. The molecule has 25 heavy (non-hydrogen) atoms. The first-order valence-electron chi connectivity index (χ1n) is 7.90. The molecule has 2 aromatic heterocycles. The zero-order chi connectivity index (χ0) is 17.4. The summed E-state index contributed by atoms with van der Waals surface area (Å²) in [6.07, 6.45) is 5.38. The first-order chi connectivity index (χ1) is 12.1. The van der Waals surface area contributed by atoms with Gasteiger partial charge in [-0.1, -0.05) is 36.4 Å². The number of fused-ring (bicyclic) bond motifs is 1. The van der Waals surface area contributed by atoms with Gasteiger partial charge in [0.05, 0.1) is 23.3 Å². The van der Waals surface area contributed by atoms with Gasteiger partial charge in [-0.25, -0.2) is 9.78 Å². The number of aromatic amines is 1. The number of hydrogen-bond acceptors (Lipinski definition) is 3. The largest absolute Gasteiger partial charge is 0.328 e. The molecule has 4 rings (SSSR count). The Bertz CT molecular complexity index is 1140. The number of aromatic nitrogens is 4. The van der Waals surface area contributed by atoms with Gasteiger partial charge >= 0.3 is 5.69 Å². The Morgan fingerprint density at radius 1 is 1.04 bits per heavy atom. The van der Waals surface area contributed by atoms with E-state index in [0.717, 1.165) is 15.7 Å². The molecule has 1 unspecified atom stereocenters. The van der Waals surface area contributed by atoms with Gasteiger partial charge in [0.1, 0.15) is 0 Å². The number of nitrogens with one attached hydrogen (secondary N) is 1. The van der Waals surface area contributed by atoms with Gasteiger partial charge in [-0.05, 0) is 23.3 Å². The lowest BCUT2D eigenvalue weighted by molar-refractivity contribution is 0.677. The van der Waals surface area contributed by atoms with Gasteiger partial charge in [0.25, 0.3) is 5.56 Å². The standard InChI is InChI=1S/C19H16N4O2/c1-22-18(24)15-11-14(7-8-16(15)21-19(22)25)17(23-10-9-20-12-23)13-5-3-2-4-6-13/h2-12,17H,1H3,(H,21,25). The van der Waals surface area contributed by atoms with Gasteiger partial charge < -0.3 is 9.55 Å². The smallest absolute Gasteiger partial charge is 0.326 e. The third-order valence-electron chi connectivity index (χ3n) is 4.38. The summed E-state index contributed by atoms with van der Waals surface area (Å²) in [6.45, 7) is 0. The Labute approximate surface area is 143 Å². The van der Waals surface area contributed by atoms with Gasteiger partial charge in [0.2, 0.25) is 0 Å². The highest BCUT2D eigenvalue weighted by Gasteiger charge is 2.17. The summed E-state index contributed by atoms with van der Waals surface area (Å²) in [7, 11) is 1.47. The van der Waals surface area contributed by atoms with Crippen LogP contribution in [0.4, 0.5) is 0 Å². The molecule has 0 saturated heterocycles. The second-order valence-electron chi connectivity index (χ2n) is 5.92. The molecule has 2 aromatic carbocycles. The minimum atomic E-state index is -0.417. The number of rotatable bonds is 3. The van der Waals surface area contributed by atoms with Crippen LogP contribution >= 0.6 is 0 Å². The Kier molecular flexibility index (Phi) is 3.57. The van der Waals surface area contributed by atoms with E-state index in [9.17, 15) is 9.59 Å². The molecule has 0 aliphatic carbocycles. The third-order valence-corrected chi connectivity index (χ3v) is 4.38. The van der Waals surface area contributed by atoms with Crippen LogP contribution in [0.5, 0.6) is 0 Å². The summed E-state index contributed by atoms with van der Waals surface area (Å²) in [4.78, 5) is 31.1. The average molecular weight is 332 g/mol. The van der Waals surface area contributed by atoms with Gasteiger partial charge in [-0.3, -0.25) is 9.36 Å². The maximum atomic E-state index is 12.5. The average Bonchev–Trinajstić information content (AvgIpc) is 3.16. The van der Waals surface area contributed by atoms with Crippen molar-refractivity contribution < 1.29 is 0 Å². The molecule has 0 saturated carbocycles. The highest BCUT2D eigenvalue weighted by molar-refractivity contribution is 5.78. The zero-order valence-corrected chi connectivity index (χ0v) is 13.6. The molecule has 0 bridgehead atoms. The van der Waals surface area contributed by atoms with Crippen molar-refractivity contribution in [3.05, 3.63) is 99.2 Å². The molecule has 4 aromatic rings. The molecule has 0 spiro atoms. The molecular formula is C19H16N4O2. The molecule has 1 atom stereocenters. The minimum Gasteiger partial charge on any atom is -0.326 e. The van der Waals surface area contributed by atoms with Gasteiger partial charge in [0, 0.05) is 19.4 Å². The Hall–Kier alpha value is -3.41. The van der Waals surface area contributed by atoms with Crippen LogP contribution in [-0.4, -0.2) is 19.1 Å². The van der Waals surface area contributed by atoms with Crippen LogP contribution in [0.15, 0.2) is 76.8 Å². The maximum Gasteiger partial charge on any atom is 0.328 e. The van der Waals surface area contributed by atoms with Crippen LogP contribution in [0, 0.1) is 0 Å². The maximum absolute atomic E-state index is 12.5. The molecule has 0 aliphatic rings. The van der Waals surface area contributed by atoms with Gasteiger partial charge in [-0.15, -0.1) is 0 Å². The molecule has 0 radical (unpaired) electrons. The van der Waals surface area contributed by atoms with Crippen LogP contribution in [0.3, 0.4) is 0 Å². The molecular weight excluding hydrogens is 316 g/mol. The summed E-state index contributed by atoms with van der Waals surface area (Å²) in [5, 5.41) is 0.487. The highest BCUT2D eigenvalue weighted by atomic mass is 16.2. The third kappa shape index (κ3) is 2.57. The van der Waals surface area contributed by atoms with Crippen molar-refractivity contribution >= 4 is 10.9 Å². The summed E-state index contributed by atoms with van der Waals surface area (Å²) in [5.41, 5.74) is 1.84. The summed E-state index contributed by atoms with van der Waals surface area (Å²) < 4.78 is 3.08. The number of benzene rings is 2. The quantitative estimate of drug-likeness (QED) is 0.624. The minimum absolute atomic E-state index is 0.107. The monoisotopic (exact) mass is 332 g/mol. The fourth-order valence-corrected chi connectivity index (χ4v) is 3.08. The van der Waals surface area contributed by atoms with E-state index in [1.165, 1.54) is 7.05 Å². The van der Waals surface area contributed by atoms with E-state index in [0.29, 0.717) is 10.9 Å². The molecule has 2 heterocycles. The van der Waals surface area contributed by atoms with Gasteiger partial charge in [0.15, 0.2) is 0 Å². The first-order valence-corrected chi connectivity index (χ1v) is 7.90. The van der Waals surface area contributed by atoms with Crippen molar-refractivity contribution in [1.82, 2.24) is 19.1 Å². The van der Waals surface area contributed by atoms with Crippen molar-refractivity contribution in [3.8, 4) is 0 Å². The van der Waals surface area contributed by atoms with E-state index in [4.69, 9.17) is 0 Å². The molecule has 124 valence electrons. The number of imidazole rings is 1. The second kappa shape index (κ2) is 5.90. The van der Waals surface area contributed by atoms with Crippen molar-refractivity contribution in [3.63, 3.8) is 0 Å². The topological polar surface area (TPSA) is 72.7 Å². The lowest BCUT2D eigenvalue weighted by atomic mass is 9.97. The van der Waals surface area contributed by atoms with Crippen LogP contribution in [0.1, 0.15) is 17.2 Å². The number of hydrogen-bond donors (Lipinski definition) is 1. The van der Waals surface area contributed by atoms with E-state index in [1.54, 1.807) is 18.6 Å². The van der Waals surface area contributed by atoms with Crippen LogP contribution < -0.4 is 11.2 Å². The second-order valence-corrected chi connectivity index (χ2v) is 5.92. The van der Waals surface area contributed by atoms with Crippen LogP contribution in [-0.2, 0) is 7.05 Å². The summed E-state index contributed by atoms with van der Waals surface area (Å²) >= 11 is 0. The Morgan fingerprint density at radius 3 is 2.56 bits per heavy atom. The predicted octanol–water partition coefficient (Wildman–Crippen LogP) is 2.06. The number of H-pyrrole nitrogens is 1. The van der Waals surface area contributed by atoms with E-state index in [-0.39, 0.29) is 11.6 Å². The molecule has 0 amide bonds. The van der Waals surface area contributed by atoms with Crippen LogP contribution in [0.25, 0.3) is 10.9 Å². The SMILES string of the molecule is Cn1c(=O)[nH]c2ccc(C(c3ccccc3)n3ccnc3)cc2c1=O. The molecule has 6 heteroatoms. The Balaban J connectivity index is 1.97. The lowest BCUT2D eigenvalue weighted by Crippen LogP contribution is -2.32. The van der Waals surface area contributed by atoms with Crippen molar-refractivity contribution in [1.29, 1.82) is 0 Å². The molecule has 1 N–H and O–H groups in total. The van der Waals surface area contributed by atoms with Crippen molar-refractivity contribution in [2.24, 2.45) is 7.05 Å². The molecule has 6 nitrogen and oxygen atoms in total. The zero-order valence-electron chi connectivity index (χ0n) is 13.6. The van der Waals surface area contributed by atoms with Crippen molar-refractivity contribution in [2.75, 3.05) is 0 Å². The van der Waals surface area contributed by atoms with E-state index < -0.39 is 5.69 Å². The van der Waals surface area contributed by atoms with E-state index >= 15 is 0 Å². The van der Waals surface area contributed by atoms with Crippen molar-refractivity contribution in [2.45, 2.75) is 6.04 Å². The number of nitrogens with zero attached hydrogens (tertiary/aromatic N) is 3. The highest BCUT2D eigenvalue weighted by Crippen LogP contribution is 2.27. The van der Waals surface area contributed by atoms with Crippen LogP contribution in [0.2, 0.25) is 0 Å². The molecule has 0 fully saturated rings. The summed E-state index contributed by atoms with van der Waals surface area (Å²) in [5.74, 6) is 0. The summed E-state index contributed by atoms with van der Waals surface area (Å²) in [6, 6.07) is 15.5. The van der Waals surface area contributed by atoms with E-state index in [1.807, 2.05) is 53.2 Å². The van der Waals surface area contributed by atoms with Gasteiger partial charge in [-0.2, -0.15) is 0 Å². The first kappa shape index (κ1) is 15.1. The molecule has 0 aliphatic heterocycles.